The summed E-state index contributed by atoms with van der Waals surface area (Å²) in [5.41, 5.74) is 1.02. The molecule has 1 fully saturated rings. The highest BCUT2D eigenvalue weighted by molar-refractivity contribution is 5.52. The largest absolute Gasteiger partial charge is 0.457 e. The van der Waals surface area contributed by atoms with Crippen molar-refractivity contribution < 1.29 is 4.42 Å². The molecule has 1 saturated carbocycles. The normalized spacial score (nSPS) is 21.4. The van der Waals surface area contributed by atoms with E-state index in [1.807, 2.05) is 19.2 Å². The second-order valence-corrected chi connectivity index (χ2v) is 5.19. The molecule has 4 heteroatoms. The van der Waals surface area contributed by atoms with Gasteiger partial charge in [0, 0.05) is 24.7 Å². The van der Waals surface area contributed by atoms with E-state index in [4.69, 9.17) is 4.42 Å². The maximum absolute atomic E-state index is 5.91. The summed E-state index contributed by atoms with van der Waals surface area (Å²) >= 11 is 0. The molecule has 0 saturated heterocycles. The lowest BCUT2D eigenvalue weighted by Crippen LogP contribution is -1.99. The second-order valence-electron chi connectivity index (χ2n) is 5.19. The van der Waals surface area contributed by atoms with Crippen LogP contribution in [0.5, 0.6) is 0 Å². The highest BCUT2D eigenvalue weighted by atomic mass is 16.3. The highest BCUT2D eigenvalue weighted by Crippen LogP contribution is 2.47. The van der Waals surface area contributed by atoms with E-state index in [9.17, 15) is 0 Å². The van der Waals surface area contributed by atoms with Gasteiger partial charge >= 0.3 is 0 Å². The van der Waals surface area contributed by atoms with Crippen LogP contribution in [0.1, 0.15) is 37.6 Å². The van der Waals surface area contributed by atoms with Gasteiger partial charge in [-0.3, -0.25) is 0 Å². The van der Waals surface area contributed by atoms with Crippen molar-refractivity contribution in [3.63, 3.8) is 0 Å². The van der Waals surface area contributed by atoms with Crippen molar-refractivity contribution in [1.29, 1.82) is 0 Å². The van der Waals surface area contributed by atoms with E-state index in [0.29, 0.717) is 11.7 Å². The number of aryl methyl sites for hydroxylation is 1. The summed E-state index contributed by atoms with van der Waals surface area (Å²) in [6, 6.07) is 6.01. The first-order valence-electron chi connectivity index (χ1n) is 6.87. The molecule has 0 amide bonds. The van der Waals surface area contributed by atoms with Gasteiger partial charge < -0.3 is 9.73 Å². The standard InChI is InChI=1S/C15H19N3O/c1-4-10-8-14(16-3)18-15(17-10)13-6-5-12(19-13)11-7-9(11)2/h5-6,8-9,11H,4,7H2,1-3H3,(H,16,17,18). The third-order valence-electron chi connectivity index (χ3n) is 3.72. The van der Waals surface area contributed by atoms with Crippen LogP contribution in [0.25, 0.3) is 11.6 Å². The Labute approximate surface area is 113 Å². The van der Waals surface area contributed by atoms with Gasteiger partial charge in [-0.15, -0.1) is 0 Å². The highest BCUT2D eigenvalue weighted by Gasteiger charge is 2.36. The minimum atomic E-state index is 0.590. The van der Waals surface area contributed by atoms with Crippen LogP contribution in [-0.4, -0.2) is 17.0 Å². The number of aromatic nitrogens is 2. The molecule has 2 atom stereocenters. The summed E-state index contributed by atoms with van der Waals surface area (Å²) in [6.45, 7) is 4.34. The molecule has 0 bridgehead atoms. The number of nitrogens with zero attached hydrogens (tertiary/aromatic N) is 2. The molecule has 0 radical (unpaired) electrons. The Bertz CT molecular complexity index is 569. The van der Waals surface area contributed by atoms with E-state index in [2.05, 4.69) is 35.2 Å². The Morgan fingerprint density at radius 1 is 1.37 bits per heavy atom. The quantitative estimate of drug-likeness (QED) is 0.911. The molecule has 2 unspecified atom stereocenters. The lowest BCUT2D eigenvalue weighted by atomic mass is 10.2. The fourth-order valence-electron chi connectivity index (χ4n) is 2.31. The third kappa shape index (κ3) is 2.35. The topological polar surface area (TPSA) is 51.0 Å². The lowest BCUT2D eigenvalue weighted by molar-refractivity contribution is 0.514. The molecular formula is C15H19N3O. The van der Waals surface area contributed by atoms with Crippen LogP contribution in [0.3, 0.4) is 0 Å². The number of furan rings is 1. The maximum atomic E-state index is 5.91. The molecule has 2 aromatic heterocycles. The van der Waals surface area contributed by atoms with E-state index in [1.54, 1.807) is 0 Å². The van der Waals surface area contributed by atoms with Crippen LogP contribution in [0.15, 0.2) is 22.6 Å². The monoisotopic (exact) mass is 257 g/mol. The summed E-state index contributed by atoms with van der Waals surface area (Å²) in [4.78, 5) is 9.00. The van der Waals surface area contributed by atoms with Crippen molar-refractivity contribution in [2.75, 3.05) is 12.4 Å². The van der Waals surface area contributed by atoms with E-state index in [1.165, 1.54) is 6.42 Å². The molecular weight excluding hydrogens is 238 g/mol. The summed E-state index contributed by atoms with van der Waals surface area (Å²) in [5.74, 6) is 4.67. The van der Waals surface area contributed by atoms with Crippen molar-refractivity contribution in [2.24, 2.45) is 5.92 Å². The molecule has 2 heterocycles. The van der Waals surface area contributed by atoms with Gasteiger partial charge in [0.15, 0.2) is 11.6 Å². The Morgan fingerprint density at radius 3 is 2.79 bits per heavy atom. The van der Waals surface area contributed by atoms with Gasteiger partial charge in [0.2, 0.25) is 0 Å². The summed E-state index contributed by atoms with van der Waals surface area (Å²) in [5, 5.41) is 3.07. The molecule has 1 aliphatic carbocycles. The maximum Gasteiger partial charge on any atom is 0.197 e. The minimum Gasteiger partial charge on any atom is -0.457 e. The molecule has 100 valence electrons. The molecule has 2 aromatic rings. The number of hydrogen-bond donors (Lipinski definition) is 1. The Hall–Kier alpha value is -1.84. The van der Waals surface area contributed by atoms with Gasteiger partial charge in [-0.1, -0.05) is 13.8 Å². The number of nitrogens with one attached hydrogen (secondary N) is 1. The van der Waals surface area contributed by atoms with Gasteiger partial charge in [0.25, 0.3) is 0 Å². The van der Waals surface area contributed by atoms with Crippen LogP contribution in [-0.2, 0) is 6.42 Å². The molecule has 0 aliphatic heterocycles. The molecule has 0 aromatic carbocycles. The van der Waals surface area contributed by atoms with Gasteiger partial charge in [-0.25, -0.2) is 9.97 Å². The van der Waals surface area contributed by atoms with Crippen molar-refractivity contribution in [3.05, 3.63) is 29.7 Å². The van der Waals surface area contributed by atoms with Crippen molar-refractivity contribution in [1.82, 2.24) is 9.97 Å². The average molecular weight is 257 g/mol. The lowest BCUT2D eigenvalue weighted by Gasteiger charge is -2.04. The van der Waals surface area contributed by atoms with Gasteiger partial charge in [0.1, 0.15) is 11.6 Å². The number of rotatable bonds is 4. The molecule has 1 aliphatic rings. The van der Waals surface area contributed by atoms with Crippen LogP contribution >= 0.6 is 0 Å². The van der Waals surface area contributed by atoms with E-state index < -0.39 is 0 Å². The van der Waals surface area contributed by atoms with Gasteiger partial charge in [-0.05, 0) is 30.9 Å². The van der Waals surface area contributed by atoms with Crippen LogP contribution in [0, 0.1) is 5.92 Å². The van der Waals surface area contributed by atoms with Crippen LogP contribution < -0.4 is 5.32 Å². The van der Waals surface area contributed by atoms with E-state index >= 15 is 0 Å². The third-order valence-corrected chi connectivity index (χ3v) is 3.72. The van der Waals surface area contributed by atoms with Gasteiger partial charge in [-0.2, -0.15) is 0 Å². The predicted octanol–water partition coefficient (Wildman–Crippen LogP) is 3.46. The molecule has 0 spiro atoms. The zero-order valence-corrected chi connectivity index (χ0v) is 11.6. The smallest absolute Gasteiger partial charge is 0.197 e. The summed E-state index contributed by atoms with van der Waals surface area (Å²) < 4.78 is 5.91. The zero-order chi connectivity index (χ0) is 13.4. The Balaban J connectivity index is 1.94. The average Bonchev–Trinajstić information content (AvgIpc) is 2.98. The van der Waals surface area contributed by atoms with E-state index in [0.717, 1.165) is 35.4 Å². The van der Waals surface area contributed by atoms with Crippen molar-refractivity contribution in [2.45, 2.75) is 32.6 Å². The molecule has 4 nitrogen and oxygen atoms in total. The first kappa shape index (κ1) is 12.2. The zero-order valence-electron chi connectivity index (χ0n) is 11.6. The molecule has 19 heavy (non-hydrogen) atoms. The molecule has 1 N–H and O–H groups in total. The summed E-state index contributed by atoms with van der Waals surface area (Å²) in [7, 11) is 1.87. The van der Waals surface area contributed by atoms with E-state index in [-0.39, 0.29) is 0 Å². The number of hydrogen-bond acceptors (Lipinski definition) is 4. The minimum absolute atomic E-state index is 0.590. The Kier molecular flexibility index (Phi) is 3.01. The Morgan fingerprint density at radius 2 is 2.16 bits per heavy atom. The van der Waals surface area contributed by atoms with Crippen molar-refractivity contribution >= 4 is 5.82 Å². The molecule has 3 rings (SSSR count). The van der Waals surface area contributed by atoms with Crippen molar-refractivity contribution in [3.8, 4) is 11.6 Å². The van der Waals surface area contributed by atoms with Gasteiger partial charge in [0.05, 0.1) is 0 Å². The first-order valence-corrected chi connectivity index (χ1v) is 6.87. The van der Waals surface area contributed by atoms with Crippen LogP contribution in [0.2, 0.25) is 0 Å². The first-order chi connectivity index (χ1) is 9.21. The number of anilines is 1. The fraction of sp³-hybridized carbons (Fsp3) is 0.467. The predicted molar refractivity (Wildman–Crippen MR) is 75.2 cm³/mol. The SMILES string of the molecule is CCc1cc(NC)nc(-c2ccc(C3CC3C)o2)n1. The summed E-state index contributed by atoms with van der Waals surface area (Å²) in [6.07, 6.45) is 2.11. The second kappa shape index (κ2) is 4.68. The van der Waals surface area contributed by atoms with Crippen LogP contribution in [0.4, 0.5) is 5.82 Å². The fourth-order valence-corrected chi connectivity index (χ4v) is 2.31.